The van der Waals surface area contributed by atoms with Gasteiger partial charge in [-0.05, 0) is 38.0 Å². The number of carbonyl (C=O) groups excluding carboxylic acids is 2. The van der Waals surface area contributed by atoms with Gasteiger partial charge in [-0.2, -0.15) is 0 Å². The van der Waals surface area contributed by atoms with Gasteiger partial charge in [-0.15, -0.1) is 0 Å². The summed E-state index contributed by atoms with van der Waals surface area (Å²) in [5.74, 6) is -0.137. The van der Waals surface area contributed by atoms with Crippen LogP contribution in [0.3, 0.4) is 0 Å². The van der Waals surface area contributed by atoms with E-state index in [2.05, 4.69) is 5.32 Å². The molecule has 1 aliphatic carbocycles. The molecule has 23 heavy (non-hydrogen) atoms. The van der Waals surface area contributed by atoms with Crippen molar-refractivity contribution in [3.05, 3.63) is 23.2 Å². The molecule has 124 valence electrons. The predicted octanol–water partition coefficient (Wildman–Crippen LogP) is 3.41. The molecule has 1 saturated carbocycles. The van der Waals surface area contributed by atoms with Gasteiger partial charge in [0.15, 0.2) is 5.60 Å². The van der Waals surface area contributed by atoms with E-state index in [0.717, 1.165) is 0 Å². The average Bonchev–Trinajstić information content (AvgIpc) is 2.78. The predicted molar refractivity (Wildman–Crippen MR) is 86.6 cm³/mol. The van der Waals surface area contributed by atoms with Crippen molar-refractivity contribution in [2.75, 3.05) is 12.4 Å². The van der Waals surface area contributed by atoms with Crippen LogP contribution in [0.25, 0.3) is 0 Å². The first-order valence-corrected chi connectivity index (χ1v) is 7.94. The lowest BCUT2D eigenvalue weighted by Gasteiger charge is -2.35. The molecule has 3 rings (SSSR count). The van der Waals surface area contributed by atoms with Gasteiger partial charge in [-0.25, -0.2) is 0 Å². The van der Waals surface area contributed by atoms with E-state index in [0.29, 0.717) is 29.3 Å². The van der Waals surface area contributed by atoms with E-state index in [-0.39, 0.29) is 11.9 Å². The number of rotatable bonds is 3. The summed E-state index contributed by atoms with van der Waals surface area (Å²) in [5, 5.41) is 3.31. The van der Waals surface area contributed by atoms with Gasteiger partial charge >= 0.3 is 5.97 Å². The first kappa shape index (κ1) is 16.1. The fourth-order valence-corrected chi connectivity index (χ4v) is 3.92. The summed E-state index contributed by atoms with van der Waals surface area (Å²) in [6.45, 7) is 5.71. The van der Waals surface area contributed by atoms with Gasteiger partial charge in [-0.3, -0.25) is 9.59 Å². The molecule has 6 heteroatoms. The Balaban J connectivity index is 1.96. The maximum atomic E-state index is 13.0. The van der Waals surface area contributed by atoms with Crippen molar-refractivity contribution in [1.29, 1.82) is 0 Å². The van der Waals surface area contributed by atoms with Crippen LogP contribution in [0.4, 0.5) is 5.69 Å². The van der Waals surface area contributed by atoms with E-state index in [9.17, 15) is 9.59 Å². The highest BCUT2D eigenvalue weighted by Crippen LogP contribution is 2.65. The lowest BCUT2D eigenvalue weighted by atomic mass is 9.66. The molecule has 2 aliphatic rings. The third-order valence-corrected chi connectivity index (χ3v) is 6.10. The zero-order chi connectivity index (χ0) is 17.0. The van der Waals surface area contributed by atoms with Gasteiger partial charge in [0.2, 0.25) is 0 Å². The van der Waals surface area contributed by atoms with Gasteiger partial charge in [0.1, 0.15) is 5.75 Å². The number of hydrogen-bond donors (Lipinski definition) is 1. The average molecular weight is 338 g/mol. The normalized spacial score (nSPS) is 30.9. The van der Waals surface area contributed by atoms with Crippen LogP contribution < -0.4 is 10.1 Å². The number of nitrogens with one attached hydrogen (secondary N) is 1. The second-order valence-corrected chi connectivity index (χ2v) is 7.41. The van der Waals surface area contributed by atoms with Crippen molar-refractivity contribution in [1.82, 2.24) is 0 Å². The summed E-state index contributed by atoms with van der Waals surface area (Å²) in [6.07, 6.45) is 1.15. The molecule has 1 amide bonds. The lowest BCUT2D eigenvalue weighted by molar-refractivity contribution is -0.165. The van der Waals surface area contributed by atoms with Crippen LogP contribution in [0.2, 0.25) is 5.02 Å². The molecule has 0 spiro atoms. The van der Waals surface area contributed by atoms with Gasteiger partial charge in [0, 0.05) is 10.4 Å². The van der Waals surface area contributed by atoms with Crippen molar-refractivity contribution in [2.24, 2.45) is 10.8 Å². The maximum Gasteiger partial charge on any atom is 0.313 e. The Morgan fingerprint density at radius 1 is 1.30 bits per heavy atom. The van der Waals surface area contributed by atoms with Crippen molar-refractivity contribution in [3.63, 3.8) is 0 Å². The molecule has 0 unspecified atom stereocenters. The lowest BCUT2D eigenvalue weighted by Crippen LogP contribution is -2.50. The maximum absolute atomic E-state index is 13.0. The van der Waals surface area contributed by atoms with Crippen LogP contribution in [0.5, 0.6) is 5.75 Å². The zero-order valence-electron chi connectivity index (χ0n) is 13.7. The number of halogens is 1. The van der Waals surface area contributed by atoms with Crippen LogP contribution in [0, 0.1) is 10.8 Å². The van der Waals surface area contributed by atoms with Gasteiger partial charge in [-0.1, -0.05) is 25.4 Å². The fraction of sp³-hybridized carbons (Fsp3) is 0.529. The van der Waals surface area contributed by atoms with Crippen molar-refractivity contribution >= 4 is 29.2 Å². The number of methoxy groups -OCH3 is 1. The summed E-state index contributed by atoms with van der Waals surface area (Å²) in [7, 11) is 1.52. The molecular formula is C17H20ClNO4. The molecule has 2 atom stereocenters. The zero-order valence-corrected chi connectivity index (χ0v) is 14.4. The Morgan fingerprint density at radius 2 is 2.00 bits per heavy atom. The Bertz CT molecular complexity index is 702. The van der Waals surface area contributed by atoms with Gasteiger partial charge in [0.05, 0.1) is 18.2 Å². The highest BCUT2D eigenvalue weighted by atomic mass is 35.5. The molecule has 5 nitrogen and oxygen atoms in total. The molecule has 1 aliphatic heterocycles. The number of esters is 1. The Labute approximate surface area is 140 Å². The van der Waals surface area contributed by atoms with Crippen LogP contribution in [-0.2, 0) is 14.3 Å². The minimum atomic E-state index is -1.16. The Morgan fingerprint density at radius 3 is 2.52 bits per heavy atom. The summed E-state index contributed by atoms with van der Waals surface area (Å²) < 4.78 is 10.8. The van der Waals surface area contributed by atoms with Crippen molar-refractivity contribution in [2.45, 2.75) is 39.2 Å². The third kappa shape index (κ3) is 1.92. The highest BCUT2D eigenvalue weighted by Gasteiger charge is 2.75. The number of fused-ring (bicyclic) bond motifs is 2. The van der Waals surface area contributed by atoms with E-state index >= 15 is 0 Å². The fourth-order valence-electron chi connectivity index (χ4n) is 3.75. The van der Waals surface area contributed by atoms with E-state index in [1.54, 1.807) is 18.2 Å². The number of anilines is 1. The number of hydrogen-bond acceptors (Lipinski definition) is 4. The van der Waals surface area contributed by atoms with Crippen LogP contribution >= 0.6 is 11.6 Å². The summed E-state index contributed by atoms with van der Waals surface area (Å²) >= 11 is 6.00. The molecule has 1 saturated heterocycles. The Kier molecular flexibility index (Phi) is 3.41. The minimum Gasteiger partial charge on any atom is -0.495 e. The molecule has 2 fully saturated rings. The molecule has 2 bridgehead atoms. The quantitative estimate of drug-likeness (QED) is 0.858. The van der Waals surface area contributed by atoms with Crippen LogP contribution in [-0.4, -0.2) is 24.6 Å². The van der Waals surface area contributed by atoms with Crippen molar-refractivity contribution in [3.8, 4) is 5.75 Å². The number of carbonyl (C=O) groups is 2. The second kappa shape index (κ2) is 4.87. The molecule has 1 N–H and O–H groups in total. The van der Waals surface area contributed by atoms with Crippen molar-refractivity contribution < 1.29 is 19.1 Å². The first-order chi connectivity index (χ1) is 10.7. The topological polar surface area (TPSA) is 64.6 Å². The number of ether oxygens (including phenoxy) is 2. The second-order valence-electron chi connectivity index (χ2n) is 6.97. The Hall–Kier alpha value is -1.75. The molecule has 1 heterocycles. The molecule has 0 aromatic heterocycles. The SMILES string of the molecule is COc1ccc(Cl)cc1NC(=O)[C@]12CC[C@@](C)(C(=O)O1)C2(C)C. The van der Waals surface area contributed by atoms with Gasteiger partial charge < -0.3 is 14.8 Å². The smallest absolute Gasteiger partial charge is 0.313 e. The highest BCUT2D eigenvalue weighted by molar-refractivity contribution is 6.31. The first-order valence-electron chi connectivity index (χ1n) is 7.56. The number of benzene rings is 1. The van der Waals surface area contributed by atoms with Crippen LogP contribution in [0.15, 0.2) is 18.2 Å². The number of amides is 1. The summed E-state index contributed by atoms with van der Waals surface area (Å²) in [5.41, 5.74) is -1.92. The largest absolute Gasteiger partial charge is 0.495 e. The summed E-state index contributed by atoms with van der Waals surface area (Å²) in [4.78, 5) is 25.3. The van der Waals surface area contributed by atoms with E-state index < -0.39 is 16.4 Å². The monoisotopic (exact) mass is 337 g/mol. The molecule has 0 radical (unpaired) electrons. The van der Waals surface area contributed by atoms with Crippen LogP contribution in [0.1, 0.15) is 33.6 Å². The molecule has 1 aromatic rings. The minimum absolute atomic E-state index is 0.304. The van der Waals surface area contributed by atoms with Gasteiger partial charge in [0.25, 0.3) is 5.91 Å². The summed E-state index contributed by atoms with van der Waals surface area (Å²) in [6, 6.07) is 4.98. The molecule has 1 aromatic carbocycles. The van der Waals surface area contributed by atoms with E-state index in [1.807, 2.05) is 20.8 Å². The van der Waals surface area contributed by atoms with E-state index in [4.69, 9.17) is 21.1 Å². The third-order valence-electron chi connectivity index (χ3n) is 5.86. The molecular weight excluding hydrogens is 318 g/mol. The standard InChI is InChI=1S/C17H20ClNO4/c1-15(2)16(3)7-8-17(15,23-14(16)21)13(20)19-11-9-10(18)5-6-12(11)22-4/h5-6,9H,7-8H2,1-4H3,(H,19,20)/t16-,17-/m0/s1. The van der Waals surface area contributed by atoms with E-state index in [1.165, 1.54) is 7.11 Å².